The van der Waals surface area contributed by atoms with E-state index in [1.807, 2.05) is 0 Å². The van der Waals surface area contributed by atoms with Crippen LogP contribution in [0.4, 0.5) is 0 Å². The van der Waals surface area contributed by atoms with Crippen LogP contribution >= 0.6 is 0 Å². The van der Waals surface area contributed by atoms with E-state index in [-0.39, 0.29) is 11.5 Å². The molecule has 0 spiro atoms. The summed E-state index contributed by atoms with van der Waals surface area (Å²) >= 11 is 0. The molecule has 0 unspecified atom stereocenters. The Kier molecular flexibility index (Phi) is 3.34. The first-order valence-corrected chi connectivity index (χ1v) is 5.91. The van der Waals surface area contributed by atoms with E-state index in [9.17, 15) is 9.59 Å². The number of rotatable bonds is 5. The minimum Gasteiger partial charge on any atom is -0.478 e. The summed E-state index contributed by atoms with van der Waals surface area (Å²) in [6.07, 6.45) is 2.18. The normalized spacial score (nSPS) is 16.1. The fourth-order valence-corrected chi connectivity index (χ4v) is 1.67. The molecule has 1 aromatic carbocycles. The number of carbonyl (C=O) groups is 2. The summed E-state index contributed by atoms with van der Waals surface area (Å²) in [6, 6.07) is 6.63. The first-order chi connectivity index (χ1) is 8.51. The van der Waals surface area contributed by atoms with Gasteiger partial charge >= 0.3 is 5.97 Å². The van der Waals surface area contributed by atoms with Crippen molar-refractivity contribution in [2.75, 3.05) is 6.54 Å². The Balaban J connectivity index is 1.80. The van der Waals surface area contributed by atoms with Crippen LogP contribution in [0.1, 0.15) is 28.8 Å². The van der Waals surface area contributed by atoms with Gasteiger partial charge in [-0.3, -0.25) is 4.79 Å². The second-order valence-corrected chi connectivity index (χ2v) is 4.66. The summed E-state index contributed by atoms with van der Waals surface area (Å²) < 4.78 is 0. The van der Waals surface area contributed by atoms with Gasteiger partial charge in [-0.1, -0.05) is 12.1 Å². The van der Waals surface area contributed by atoms with Gasteiger partial charge in [0.2, 0.25) is 5.91 Å². The Labute approximate surface area is 105 Å². The first-order valence-electron chi connectivity index (χ1n) is 5.91. The third-order valence-electron chi connectivity index (χ3n) is 3.14. The number of nitrogens with one attached hydrogen (secondary N) is 1. The van der Waals surface area contributed by atoms with Gasteiger partial charge in [-0.2, -0.15) is 0 Å². The molecule has 0 aromatic heterocycles. The summed E-state index contributed by atoms with van der Waals surface area (Å²) in [7, 11) is 0. The molecule has 1 fully saturated rings. The van der Waals surface area contributed by atoms with Gasteiger partial charge in [0, 0.05) is 6.54 Å². The number of aromatic carboxylic acids is 1. The summed E-state index contributed by atoms with van der Waals surface area (Å²) in [4.78, 5) is 22.2. The molecule has 0 aliphatic heterocycles. The molecule has 1 aromatic rings. The Morgan fingerprint density at radius 3 is 2.39 bits per heavy atom. The molecule has 1 aliphatic carbocycles. The predicted molar refractivity (Wildman–Crippen MR) is 66.3 cm³/mol. The SMILES string of the molecule is NC1(C(=O)NCCc2ccc(C(=O)O)cc2)CC1. The van der Waals surface area contributed by atoms with Crippen molar-refractivity contribution in [1.29, 1.82) is 0 Å². The van der Waals surface area contributed by atoms with Crippen LogP contribution in [0.15, 0.2) is 24.3 Å². The second kappa shape index (κ2) is 4.78. The Hall–Kier alpha value is -1.88. The molecule has 96 valence electrons. The molecule has 0 radical (unpaired) electrons. The van der Waals surface area contributed by atoms with Crippen molar-refractivity contribution in [1.82, 2.24) is 5.32 Å². The number of carbonyl (C=O) groups excluding carboxylic acids is 1. The van der Waals surface area contributed by atoms with Crippen molar-refractivity contribution in [3.63, 3.8) is 0 Å². The van der Waals surface area contributed by atoms with Crippen molar-refractivity contribution < 1.29 is 14.7 Å². The first kappa shape index (κ1) is 12.6. The van der Waals surface area contributed by atoms with E-state index >= 15 is 0 Å². The minimum absolute atomic E-state index is 0.0929. The molecule has 0 bridgehead atoms. The number of carboxylic acid groups (broad SMARTS) is 1. The summed E-state index contributed by atoms with van der Waals surface area (Å²) in [5, 5.41) is 11.5. The quantitative estimate of drug-likeness (QED) is 0.709. The standard InChI is InChI=1S/C13H16N2O3/c14-13(6-7-13)12(18)15-8-5-9-1-3-10(4-2-9)11(16)17/h1-4H,5-8,14H2,(H,15,18)(H,16,17). The number of nitrogens with two attached hydrogens (primary N) is 1. The fraction of sp³-hybridized carbons (Fsp3) is 0.385. The summed E-state index contributed by atoms with van der Waals surface area (Å²) in [5.41, 5.74) is 6.37. The van der Waals surface area contributed by atoms with Crippen molar-refractivity contribution in [3.05, 3.63) is 35.4 Å². The number of benzene rings is 1. The molecule has 5 heteroatoms. The number of hydrogen-bond donors (Lipinski definition) is 3. The van der Waals surface area contributed by atoms with Crippen LogP contribution in [0.5, 0.6) is 0 Å². The summed E-state index contributed by atoms with van der Waals surface area (Å²) in [6.45, 7) is 0.518. The van der Waals surface area contributed by atoms with Crippen LogP contribution in [0, 0.1) is 0 Å². The maximum absolute atomic E-state index is 11.5. The molecule has 4 N–H and O–H groups in total. The van der Waals surface area contributed by atoms with Gasteiger partial charge in [-0.15, -0.1) is 0 Å². The Bertz CT molecular complexity index is 464. The zero-order valence-electron chi connectivity index (χ0n) is 9.98. The van der Waals surface area contributed by atoms with Gasteiger partial charge in [-0.05, 0) is 37.0 Å². The number of amides is 1. The van der Waals surface area contributed by atoms with E-state index in [4.69, 9.17) is 10.8 Å². The maximum atomic E-state index is 11.5. The topological polar surface area (TPSA) is 92.4 Å². The average molecular weight is 248 g/mol. The zero-order valence-corrected chi connectivity index (χ0v) is 9.98. The third kappa shape index (κ3) is 2.87. The Morgan fingerprint density at radius 2 is 1.89 bits per heavy atom. The van der Waals surface area contributed by atoms with Crippen molar-refractivity contribution >= 4 is 11.9 Å². The third-order valence-corrected chi connectivity index (χ3v) is 3.14. The molecule has 1 amide bonds. The lowest BCUT2D eigenvalue weighted by atomic mass is 10.1. The van der Waals surface area contributed by atoms with E-state index in [2.05, 4.69) is 5.32 Å². The van der Waals surface area contributed by atoms with Crippen LogP contribution in [-0.2, 0) is 11.2 Å². The predicted octanol–water partition coefficient (Wildman–Crippen LogP) is 0.535. The molecular weight excluding hydrogens is 232 g/mol. The molecule has 0 atom stereocenters. The molecule has 2 rings (SSSR count). The van der Waals surface area contributed by atoms with Gasteiger partial charge in [0.1, 0.15) is 0 Å². The van der Waals surface area contributed by atoms with Crippen LogP contribution in [0.25, 0.3) is 0 Å². The molecule has 1 aliphatic rings. The maximum Gasteiger partial charge on any atom is 0.335 e. The van der Waals surface area contributed by atoms with E-state index < -0.39 is 11.5 Å². The fourth-order valence-electron chi connectivity index (χ4n) is 1.67. The van der Waals surface area contributed by atoms with Crippen molar-refractivity contribution in [2.45, 2.75) is 24.8 Å². The largest absolute Gasteiger partial charge is 0.478 e. The molecule has 0 heterocycles. The lowest BCUT2D eigenvalue weighted by molar-refractivity contribution is -0.123. The molecule has 0 saturated heterocycles. The van der Waals surface area contributed by atoms with Gasteiger partial charge < -0.3 is 16.2 Å². The van der Waals surface area contributed by atoms with E-state index in [0.29, 0.717) is 13.0 Å². The highest BCUT2D eigenvalue weighted by Crippen LogP contribution is 2.31. The lowest BCUT2D eigenvalue weighted by Crippen LogP contribution is -2.43. The molecule has 5 nitrogen and oxygen atoms in total. The summed E-state index contributed by atoms with van der Waals surface area (Å²) in [5.74, 6) is -1.03. The molecular formula is C13H16N2O3. The molecule has 18 heavy (non-hydrogen) atoms. The van der Waals surface area contributed by atoms with E-state index in [1.54, 1.807) is 24.3 Å². The van der Waals surface area contributed by atoms with E-state index in [1.165, 1.54) is 0 Å². The minimum atomic E-state index is -0.936. The number of hydrogen-bond acceptors (Lipinski definition) is 3. The van der Waals surface area contributed by atoms with Crippen LogP contribution in [-0.4, -0.2) is 29.1 Å². The highest BCUT2D eigenvalue weighted by molar-refractivity contribution is 5.89. The monoisotopic (exact) mass is 248 g/mol. The number of carboxylic acids is 1. The van der Waals surface area contributed by atoms with Gasteiger partial charge in [0.25, 0.3) is 0 Å². The van der Waals surface area contributed by atoms with E-state index in [0.717, 1.165) is 18.4 Å². The highest BCUT2D eigenvalue weighted by atomic mass is 16.4. The average Bonchev–Trinajstić information content (AvgIpc) is 3.09. The lowest BCUT2D eigenvalue weighted by Gasteiger charge is -2.09. The van der Waals surface area contributed by atoms with Gasteiger partial charge in [0.05, 0.1) is 11.1 Å². The highest BCUT2D eigenvalue weighted by Gasteiger charge is 2.45. The second-order valence-electron chi connectivity index (χ2n) is 4.66. The molecule has 1 saturated carbocycles. The van der Waals surface area contributed by atoms with Crippen molar-refractivity contribution in [3.8, 4) is 0 Å². The van der Waals surface area contributed by atoms with Gasteiger partial charge in [0.15, 0.2) is 0 Å². The van der Waals surface area contributed by atoms with Crippen LogP contribution in [0.2, 0.25) is 0 Å². The van der Waals surface area contributed by atoms with Gasteiger partial charge in [-0.25, -0.2) is 4.79 Å². The van der Waals surface area contributed by atoms with Crippen LogP contribution < -0.4 is 11.1 Å². The zero-order chi connectivity index (χ0) is 13.2. The van der Waals surface area contributed by atoms with Crippen LogP contribution in [0.3, 0.4) is 0 Å². The Morgan fingerprint density at radius 1 is 1.28 bits per heavy atom. The van der Waals surface area contributed by atoms with Crippen molar-refractivity contribution in [2.24, 2.45) is 5.73 Å². The smallest absolute Gasteiger partial charge is 0.335 e.